The van der Waals surface area contributed by atoms with Gasteiger partial charge in [0.2, 0.25) is 0 Å². The third-order valence-corrected chi connectivity index (χ3v) is 4.03. The normalized spacial score (nSPS) is 11.6. The number of nitrogens with zero attached hydrogens (tertiary/aromatic N) is 1. The van der Waals surface area contributed by atoms with E-state index in [4.69, 9.17) is 0 Å². The lowest BCUT2D eigenvalue weighted by molar-refractivity contribution is 0.0955. The minimum absolute atomic E-state index is 0.361. The molecule has 0 atom stereocenters. The van der Waals surface area contributed by atoms with Gasteiger partial charge in [0.25, 0.3) is 5.91 Å². The van der Waals surface area contributed by atoms with Crippen LogP contribution in [0.4, 0.5) is 4.39 Å². The van der Waals surface area contributed by atoms with Gasteiger partial charge in [-0.05, 0) is 35.4 Å². The fourth-order valence-corrected chi connectivity index (χ4v) is 2.89. The van der Waals surface area contributed by atoms with Gasteiger partial charge in [-0.3, -0.25) is 4.79 Å². The standard InChI is InChI=1S/C20H13FN2O/c21-14-11-9-13(10-12-14)20(24)23-22-19-17-7-3-1-5-15(17)16-6-2-4-8-18(16)19/h1-12H,(H,23,24). The van der Waals surface area contributed by atoms with Crippen molar-refractivity contribution < 1.29 is 9.18 Å². The highest BCUT2D eigenvalue weighted by Gasteiger charge is 2.24. The van der Waals surface area contributed by atoms with E-state index in [1.807, 2.05) is 48.5 Å². The van der Waals surface area contributed by atoms with Gasteiger partial charge in [0.05, 0.1) is 5.71 Å². The minimum atomic E-state index is -0.378. The van der Waals surface area contributed by atoms with Gasteiger partial charge >= 0.3 is 0 Å². The van der Waals surface area contributed by atoms with Crippen molar-refractivity contribution in [3.05, 3.63) is 95.3 Å². The van der Waals surface area contributed by atoms with Crippen LogP contribution in [0.5, 0.6) is 0 Å². The fraction of sp³-hybridized carbons (Fsp3) is 0. The average Bonchev–Trinajstić information content (AvgIpc) is 2.94. The first kappa shape index (κ1) is 14.3. The van der Waals surface area contributed by atoms with Crippen LogP contribution in [0.25, 0.3) is 11.1 Å². The molecule has 24 heavy (non-hydrogen) atoms. The average molecular weight is 316 g/mol. The first-order valence-electron chi connectivity index (χ1n) is 7.57. The van der Waals surface area contributed by atoms with Gasteiger partial charge in [0.1, 0.15) is 5.82 Å². The zero-order valence-electron chi connectivity index (χ0n) is 12.7. The lowest BCUT2D eigenvalue weighted by atomic mass is 10.1. The summed E-state index contributed by atoms with van der Waals surface area (Å²) in [4.78, 5) is 12.2. The summed E-state index contributed by atoms with van der Waals surface area (Å²) in [6.45, 7) is 0. The van der Waals surface area contributed by atoms with Gasteiger partial charge in [-0.1, -0.05) is 48.5 Å². The molecule has 1 amide bonds. The van der Waals surface area contributed by atoms with Gasteiger partial charge in [-0.15, -0.1) is 0 Å². The number of hydrogen-bond acceptors (Lipinski definition) is 2. The predicted molar refractivity (Wildman–Crippen MR) is 91.4 cm³/mol. The zero-order chi connectivity index (χ0) is 16.5. The molecule has 0 saturated carbocycles. The highest BCUT2D eigenvalue weighted by atomic mass is 19.1. The Morgan fingerprint density at radius 1 is 0.750 bits per heavy atom. The lowest BCUT2D eigenvalue weighted by Crippen LogP contribution is -2.19. The highest BCUT2D eigenvalue weighted by molar-refractivity contribution is 6.24. The van der Waals surface area contributed by atoms with E-state index in [9.17, 15) is 9.18 Å². The number of amides is 1. The van der Waals surface area contributed by atoms with Crippen LogP contribution >= 0.6 is 0 Å². The van der Waals surface area contributed by atoms with Gasteiger partial charge in [0, 0.05) is 16.7 Å². The molecule has 0 radical (unpaired) electrons. The van der Waals surface area contributed by atoms with Crippen molar-refractivity contribution in [2.45, 2.75) is 0 Å². The highest BCUT2D eigenvalue weighted by Crippen LogP contribution is 2.36. The van der Waals surface area contributed by atoms with E-state index in [2.05, 4.69) is 10.5 Å². The maximum atomic E-state index is 13.0. The number of carbonyl (C=O) groups is 1. The number of nitrogens with one attached hydrogen (secondary N) is 1. The van der Waals surface area contributed by atoms with Crippen LogP contribution in [0, 0.1) is 5.82 Å². The van der Waals surface area contributed by atoms with Crippen molar-refractivity contribution in [1.82, 2.24) is 5.43 Å². The maximum Gasteiger partial charge on any atom is 0.271 e. The second-order valence-electron chi connectivity index (χ2n) is 5.50. The number of rotatable bonds is 2. The third-order valence-electron chi connectivity index (χ3n) is 4.03. The smallest absolute Gasteiger partial charge is 0.267 e. The Hall–Kier alpha value is -3.27. The monoisotopic (exact) mass is 316 g/mol. The second kappa shape index (κ2) is 5.74. The van der Waals surface area contributed by atoms with Crippen LogP contribution in [-0.2, 0) is 0 Å². The van der Waals surface area contributed by atoms with Crippen LogP contribution < -0.4 is 5.43 Å². The Morgan fingerprint density at radius 2 is 1.25 bits per heavy atom. The van der Waals surface area contributed by atoms with E-state index in [0.717, 1.165) is 28.0 Å². The summed E-state index contributed by atoms with van der Waals surface area (Å²) < 4.78 is 13.0. The Balaban J connectivity index is 1.70. The van der Waals surface area contributed by atoms with Crippen LogP contribution in [0.15, 0.2) is 77.9 Å². The molecular weight excluding hydrogens is 303 g/mol. The summed E-state index contributed by atoms with van der Waals surface area (Å²) in [5, 5.41) is 4.33. The van der Waals surface area contributed by atoms with Crippen molar-refractivity contribution >= 4 is 11.6 Å². The Kier molecular flexibility index (Phi) is 3.43. The Bertz CT molecular complexity index is 914. The third kappa shape index (κ3) is 2.38. The van der Waals surface area contributed by atoms with Crippen molar-refractivity contribution in [3.8, 4) is 11.1 Å². The van der Waals surface area contributed by atoms with Crippen LogP contribution in [0.1, 0.15) is 21.5 Å². The zero-order valence-corrected chi connectivity index (χ0v) is 12.7. The first-order chi connectivity index (χ1) is 11.7. The molecule has 1 aliphatic carbocycles. The molecule has 1 N–H and O–H groups in total. The first-order valence-corrected chi connectivity index (χ1v) is 7.57. The van der Waals surface area contributed by atoms with Gasteiger partial charge < -0.3 is 0 Å². The van der Waals surface area contributed by atoms with Crippen molar-refractivity contribution in [3.63, 3.8) is 0 Å². The largest absolute Gasteiger partial charge is 0.271 e. The van der Waals surface area contributed by atoms with Crippen LogP contribution in [-0.4, -0.2) is 11.6 Å². The molecule has 0 heterocycles. The van der Waals surface area contributed by atoms with Gasteiger partial charge in [-0.2, -0.15) is 5.10 Å². The number of carbonyl (C=O) groups excluding carboxylic acids is 1. The van der Waals surface area contributed by atoms with Crippen molar-refractivity contribution in [1.29, 1.82) is 0 Å². The van der Waals surface area contributed by atoms with E-state index < -0.39 is 0 Å². The molecule has 3 aromatic rings. The fourth-order valence-electron chi connectivity index (χ4n) is 2.89. The summed E-state index contributed by atoms with van der Waals surface area (Å²) in [5.74, 6) is -0.749. The van der Waals surface area contributed by atoms with E-state index in [-0.39, 0.29) is 11.7 Å². The van der Waals surface area contributed by atoms with Crippen LogP contribution in [0.3, 0.4) is 0 Å². The second-order valence-corrected chi connectivity index (χ2v) is 5.50. The predicted octanol–water partition coefficient (Wildman–Crippen LogP) is 3.99. The molecule has 0 saturated heterocycles. The van der Waals surface area contributed by atoms with E-state index in [1.165, 1.54) is 24.3 Å². The molecule has 0 unspecified atom stereocenters. The SMILES string of the molecule is O=C(NN=C1c2ccccc2-c2ccccc21)c1ccc(F)cc1. The molecule has 0 aromatic heterocycles. The number of fused-ring (bicyclic) bond motifs is 3. The number of benzene rings is 3. The maximum absolute atomic E-state index is 13.0. The molecule has 1 aliphatic rings. The summed E-state index contributed by atoms with van der Waals surface area (Å²) in [6.07, 6.45) is 0. The molecule has 116 valence electrons. The number of hydrazone groups is 1. The Labute approximate surface area is 138 Å². The quantitative estimate of drug-likeness (QED) is 0.558. The van der Waals surface area contributed by atoms with Gasteiger partial charge in [-0.25, -0.2) is 9.82 Å². The molecule has 0 spiro atoms. The summed E-state index contributed by atoms with van der Waals surface area (Å²) in [6, 6.07) is 21.3. The van der Waals surface area contributed by atoms with Crippen LogP contribution in [0.2, 0.25) is 0 Å². The van der Waals surface area contributed by atoms with Crippen molar-refractivity contribution in [2.75, 3.05) is 0 Å². The molecule has 4 heteroatoms. The molecule has 3 nitrogen and oxygen atoms in total. The summed E-state index contributed by atoms with van der Waals surface area (Å²) in [5.41, 5.74) is 7.83. The van der Waals surface area contributed by atoms with E-state index >= 15 is 0 Å². The molecular formula is C20H13FN2O. The number of hydrogen-bond donors (Lipinski definition) is 1. The van der Waals surface area contributed by atoms with Gasteiger partial charge in [0.15, 0.2) is 0 Å². The molecule has 4 rings (SSSR count). The van der Waals surface area contributed by atoms with Crippen molar-refractivity contribution in [2.24, 2.45) is 5.10 Å². The molecule has 0 bridgehead atoms. The topological polar surface area (TPSA) is 41.5 Å². The summed E-state index contributed by atoms with van der Waals surface area (Å²) in [7, 11) is 0. The van der Waals surface area contributed by atoms with E-state index in [1.54, 1.807) is 0 Å². The molecule has 3 aromatic carbocycles. The molecule has 0 fully saturated rings. The Morgan fingerprint density at radius 3 is 1.79 bits per heavy atom. The molecule has 0 aliphatic heterocycles. The van der Waals surface area contributed by atoms with E-state index in [0.29, 0.717) is 5.56 Å². The number of halogens is 1. The minimum Gasteiger partial charge on any atom is -0.267 e. The summed E-state index contributed by atoms with van der Waals surface area (Å²) >= 11 is 0. The lowest BCUT2D eigenvalue weighted by Gasteiger charge is -2.04.